The van der Waals surface area contributed by atoms with E-state index in [9.17, 15) is 9.18 Å². The first-order chi connectivity index (χ1) is 10.0. The lowest BCUT2D eigenvalue weighted by atomic mass is 10.1. The number of methoxy groups -OCH3 is 1. The molecule has 0 aliphatic heterocycles. The van der Waals surface area contributed by atoms with E-state index in [4.69, 9.17) is 4.74 Å². The van der Waals surface area contributed by atoms with E-state index in [0.29, 0.717) is 12.3 Å². The van der Waals surface area contributed by atoms with E-state index < -0.39 is 5.82 Å². The Morgan fingerprint density at radius 3 is 2.86 bits per heavy atom. The molecule has 0 unspecified atom stereocenters. The van der Waals surface area contributed by atoms with Crippen molar-refractivity contribution >= 4 is 5.78 Å². The van der Waals surface area contributed by atoms with Gasteiger partial charge in [0.2, 0.25) is 0 Å². The van der Waals surface area contributed by atoms with Crippen LogP contribution in [-0.4, -0.2) is 40.9 Å². The minimum Gasteiger partial charge on any atom is -0.496 e. The van der Waals surface area contributed by atoms with Gasteiger partial charge >= 0.3 is 0 Å². The second kappa shape index (κ2) is 6.49. The van der Waals surface area contributed by atoms with Gasteiger partial charge in [0.1, 0.15) is 17.4 Å². The molecule has 6 heteroatoms. The fourth-order valence-corrected chi connectivity index (χ4v) is 2.07. The monoisotopic (exact) mass is 291 g/mol. The number of aryl methyl sites for hydroxylation is 1. The molecule has 0 saturated heterocycles. The van der Waals surface area contributed by atoms with Crippen LogP contribution in [0.1, 0.15) is 16.2 Å². The van der Waals surface area contributed by atoms with E-state index in [2.05, 4.69) is 4.98 Å². The number of hydrogen-bond donors (Lipinski definition) is 0. The Morgan fingerprint density at radius 2 is 2.24 bits per heavy atom. The zero-order valence-corrected chi connectivity index (χ0v) is 12.3. The van der Waals surface area contributed by atoms with Gasteiger partial charge in [0.15, 0.2) is 5.78 Å². The third-order valence-electron chi connectivity index (χ3n) is 3.21. The Labute approximate surface area is 123 Å². The molecule has 0 saturated carbocycles. The maximum atomic E-state index is 13.3. The zero-order valence-electron chi connectivity index (χ0n) is 12.3. The van der Waals surface area contributed by atoms with Crippen LogP contribution in [0.4, 0.5) is 4.39 Å². The van der Waals surface area contributed by atoms with Crippen molar-refractivity contribution in [1.82, 2.24) is 14.5 Å². The van der Waals surface area contributed by atoms with Gasteiger partial charge in [-0.15, -0.1) is 0 Å². The lowest BCUT2D eigenvalue weighted by Crippen LogP contribution is -2.27. The van der Waals surface area contributed by atoms with Gasteiger partial charge in [0, 0.05) is 19.4 Å². The standard InChI is InChI=1S/C15H18FN3O2/c1-18(10-15-17-6-7-19(15)2)9-13(20)12-8-11(16)4-5-14(12)21-3/h4-8H,9-10H2,1-3H3. The van der Waals surface area contributed by atoms with Crippen molar-refractivity contribution in [1.29, 1.82) is 0 Å². The van der Waals surface area contributed by atoms with Crippen LogP contribution in [0.25, 0.3) is 0 Å². The normalized spacial score (nSPS) is 10.9. The van der Waals surface area contributed by atoms with E-state index in [-0.39, 0.29) is 17.9 Å². The highest BCUT2D eigenvalue weighted by molar-refractivity contribution is 6.00. The van der Waals surface area contributed by atoms with E-state index in [1.54, 1.807) is 6.20 Å². The van der Waals surface area contributed by atoms with Gasteiger partial charge in [-0.05, 0) is 25.2 Å². The smallest absolute Gasteiger partial charge is 0.180 e. The van der Waals surface area contributed by atoms with E-state index >= 15 is 0 Å². The molecule has 5 nitrogen and oxygen atoms in total. The summed E-state index contributed by atoms with van der Waals surface area (Å²) < 4.78 is 20.3. The van der Waals surface area contributed by atoms with Gasteiger partial charge in [-0.1, -0.05) is 0 Å². The predicted molar refractivity (Wildman–Crippen MR) is 76.8 cm³/mol. The summed E-state index contributed by atoms with van der Waals surface area (Å²) in [5, 5.41) is 0. The highest BCUT2D eigenvalue weighted by Crippen LogP contribution is 2.20. The minimum absolute atomic E-state index is 0.159. The number of imidazole rings is 1. The Hall–Kier alpha value is -2.21. The molecule has 2 aromatic rings. The average Bonchev–Trinajstić information content (AvgIpc) is 2.84. The van der Waals surface area contributed by atoms with Gasteiger partial charge in [0.25, 0.3) is 0 Å². The molecule has 0 fully saturated rings. The number of likely N-dealkylation sites (N-methyl/N-ethyl adjacent to an activating group) is 1. The average molecular weight is 291 g/mol. The lowest BCUT2D eigenvalue weighted by Gasteiger charge is -2.16. The molecule has 0 atom stereocenters. The van der Waals surface area contributed by atoms with Crippen LogP contribution >= 0.6 is 0 Å². The number of nitrogens with zero attached hydrogens (tertiary/aromatic N) is 3. The molecule has 2 rings (SSSR count). The van der Waals surface area contributed by atoms with Crippen molar-refractivity contribution in [3.8, 4) is 5.75 Å². The van der Waals surface area contributed by atoms with Crippen molar-refractivity contribution in [2.75, 3.05) is 20.7 Å². The fourth-order valence-electron chi connectivity index (χ4n) is 2.07. The first kappa shape index (κ1) is 15.2. The molecular formula is C15H18FN3O2. The van der Waals surface area contributed by atoms with Crippen molar-refractivity contribution in [3.05, 3.63) is 47.8 Å². The molecule has 1 aromatic carbocycles. The van der Waals surface area contributed by atoms with Crippen LogP contribution in [0.5, 0.6) is 5.75 Å². The Morgan fingerprint density at radius 1 is 1.48 bits per heavy atom. The minimum atomic E-state index is -0.453. The molecule has 0 N–H and O–H groups in total. The van der Waals surface area contributed by atoms with Gasteiger partial charge in [0.05, 0.1) is 25.8 Å². The quantitative estimate of drug-likeness (QED) is 0.763. The van der Waals surface area contributed by atoms with Crippen LogP contribution in [0.3, 0.4) is 0 Å². The number of aromatic nitrogens is 2. The molecule has 112 valence electrons. The Kier molecular flexibility index (Phi) is 4.70. The molecule has 0 aliphatic carbocycles. The topological polar surface area (TPSA) is 47.4 Å². The number of carbonyl (C=O) groups excluding carboxylic acids is 1. The van der Waals surface area contributed by atoms with Crippen LogP contribution in [0.15, 0.2) is 30.6 Å². The van der Waals surface area contributed by atoms with Crippen LogP contribution in [-0.2, 0) is 13.6 Å². The van der Waals surface area contributed by atoms with Gasteiger partial charge in [-0.25, -0.2) is 9.37 Å². The SMILES string of the molecule is COc1ccc(F)cc1C(=O)CN(C)Cc1nccn1C. The van der Waals surface area contributed by atoms with Gasteiger partial charge in [-0.3, -0.25) is 9.69 Å². The summed E-state index contributed by atoms with van der Waals surface area (Å²) in [5.74, 6) is 0.595. The molecule has 0 radical (unpaired) electrons. The van der Waals surface area contributed by atoms with Crippen molar-refractivity contribution in [2.24, 2.45) is 7.05 Å². The van der Waals surface area contributed by atoms with E-state index in [0.717, 1.165) is 5.82 Å². The second-order valence-electron chi connectivity index (χ2n) is 4.89. The lowest BCUT2D eigenvalue weighted by molar-refractivity contribution is 0.0938. The Balaban J connectivity index is 2.07. The number of ketones is 1. The summed E-state index contributed by atoms with van der Waals surface area (Å²) in [6.07, 6.45) is 3.56. The largest absolute Gasteiger partial charge is 0.496 e. The Bertz CT molecular complexity index is 640. The molecule has 0 spiro atoms. The molecule has 1 heterocycles. The highest BCUT2D eigenvalue weighted by atomic mass is 19.1. The summed E-state index contributed by atoms with van der Waals surface area (Å²) in [5.41, 5.74) is 0.254. The number of benzene rings is 1. The van der Waals surface area contributed by atoms with Crippen molar-refractivity contribution < 1.29 is 13.9 Å². The second-order valence-corrected chi connectivity index (χ2v) is 4.89. The highest BCUT2D eigenvalue weighted by Gasteiger charge is 2.16. The number of carbonyl (C=O) groups is 1. The molecule has 0 aliphatic rings. The molecule has 1 aromatic heterocycles. The summed E-state index contributed by atoms with van der Waals surface area (Å²) in [7, 11) is 5.17. The summed E-state index contributed by atoms with van der Waals surface area (Å²) in [6, 6.07) is 3.93. The molecule has 0 bridgehead atoms. The molecule has 0 amide bonds. The predicted octanol–water partition coefficient (Wildman–Crippen LogP) is 1.88. The summed E-state index contributed by atoms with van der Waals surface area (Å²) in [6.45, 7) is 0.694. The number of halogens is 1. The third kappa shape index (κ3) is 3.66. The maximum Gasteiger partial charge on any atom is 0.180 e. The molecule has 21 heavy (non-hydrogen) atoms. The number of rotatable bonds is 6. The van der Waals surface area contributed by atoms with Crippen LogP contribution in [0, 0.1) is 5.82 Å². The maximum absolute atomic E-state index is 13.3. The van der Waals surface area contributed by atoms with E-state index in [1.165, 1.54) is 25.3 Å². The summed E-state index contributed by atoms with van der Waals surface area (Å²) >= 11 is 0. The first-order valence-electron chi connectivity index (χ1n) is 6.52. The zero-order chi connectivity index (χ0) is 15.4. The first-order valence-corrected chi connectivity index (χ1v) is 6.52. The van der Waals surface area contributed by atoms with Crippen LogP contribution < -0.4 is 4.74 Å². The third-order valence-corrected chi connectivity index (χ3v) is 3.21. The van der Waals surface area contributed by atoms with Gasteiger partial charge in [-0.2, -0.15) is 0 Å². The molecular weight excluding hydrogens is 273 g/mol. The number of Topliss-reactive ketones (excluding diaryl/α,β-unsaturated/α-hetero) is 1. The van der Waals surface area contributed by atoms with Crippen LogP contribution in [0.2, 0.25) is 0 Å². The number of ether oxygens (including phenoxy) is 1. The number of hydrogen-bond acceptors (Lipinski definition) is 4. The summed E-state index contributed by atoms with van der Waals surface area (Å²) in [4.78, 5) is 18.3. The van der Waals surface area contributed by atoms with Crippen molar-refractivity contribution in [3.63, 3.8) is 0 Å². The van der Waals surface area contributed by atoms with Crippen molar-refractivity contribution in [2.45, 2.75) is 6.54 Å². The fraction of sp³-hybridized carbons (Fsp3) is 0.333. The van der Waals surface area contributed by atoms with E-state index in [1.807, 2.05) is 29.8 Å². The van der Waals surface area contributed by atoms with Gasteiger partial charge < -0.3 is 9.30 Å².